The molecule has 14 heteroatoms. The van der Waals surface area contributed by atoms with E-state index in [4.69, 9.17) is 61.1 Å². The van der Waals surface area contributed by atoms with E-state index in [2.05, 4.69) is 19.2 Å². The molecule has 1 amide bonds. The van der Waals surface area contributed by atoms with Gasteiger partial charge in [0, 0.05) is 17.5 Å². The zero-order valence-electron chi connectivity index (χ0n) is 30.9. The number of hydrogen-bond donors (Lipinski definition) is 1. The molecule has 0 aliphatic heterocycles. The predicted octanol–water partition coefficient (Wildman–Crippen LogP) is 8.03. The van der Waals surface area contributed by atoms with Gasteiger partial charge >= 0.3 is 12.1 Å². The first-order chi connectivity index (χ1) is 23.7. The van der Waals surface area contributed by atoms with E-state index in [0.29, 0.717) is 81.4 Å². The van der Waals surface area contributed by atoms with Gasteiger partial charge < -0.3 is 43.2 Å². The first kappa shape index (κ1) is 41.3. The number of amides is 1. The van der Waals surface area contributed by atoms with Gasteiger partial charge in [-0.2, -0.15) is 11.8 Å². The Bertz CT molecular complexity index is 1510. The number of hydrogen-bond acceptors (Lipinski definition) is 11. The highest BCUT2D eigenvalue weighted by Crippen LogP contribution is 2.60. The minimum atomic E-state index is -0.858. The van der Waals surface area contributed by atoms with E-state index in [1.807, 2.05) is 6.26 Å². The molecule has 1 aliphatic rings. The number of esters is 1. The molecule has 0 heterocycles. The Morgan fingerprint density at radius 3 is 1.72 bits per heavy atom. The maximum absolute atomic E-state index is 13.0. The molecule has 0 saturated carbocycles. The summed E-state index contributed by atoms with van der Waals surface area (Å²) in [4.78, 5) is 25.4. The van der Waals surface area contributed by atoms with Crippen molar-refractivity contribution in [3.8, 4) is 45.6 Å². The number of nitrogens with one attached hydrogen (secondary N) is 1. The number of thioether (sulfide) groups is 1. The van der Waals surface area contributed by atoms with Crippen LogP contribution in [0.1, 0.15) is 58.6 Å². The van der Waals surface area contributed by atoms with E-state index in [1.54, 1.807) is 39.6 Å². The van der Waals surface area contributed by atoms with Gasteiger partial charge in [0.25, 0.3) is 0 Å². The second kappa shape index (κ2) is 18.4. The van der Waals surface area contributed by atoms with Crippen molar-refractivity contribution in [3.05, 3.63) is 21.2 Å². The standard InChI is InChI=1S/C36H51Cl2NO10S/c1-19-17-21-24(28(42-6)32(45-9)30(43-7)26(21)37)25-22(18-20(19)2)27(38)31(44-8)33(46-10)29(25)47-14-12-15-48-34(40)23(13-16-50-11)39-35(41)49-36(3,4)5/h19-20,23H,12-18H2,1-11H3,(H,39,41). The third-order valence-corrected chi connectivity index (χ3v) is 9.91. The lowest BCUT2D eigenvalue weighted by Gasteiger charge is -2.32. The summed E-state index contributed by atoms with van der Waals surface area (Å²) >= 11 is 15.8. The molecule has 11 nitrogen and oxygen atoms in total. The van der Waals surface area contributed by atoms with Gasteiger partial charge in [-0.25, -0.2) is 9.59 Å². The van der Waals surface area contributed by atoms with Crippen molar-refractivity contribution in [2.24, 2.45) is 11.8 Å². The Kier molecular flexibility index (Phi) is 15.2. The van der Waals surface area contributed by atoms with E-state index in [9.17, 15) is 9.59 Å². The maximum Gasteiger partial charge on any atom is 0.408 e. The summed E-state index contributed by atoms with van der Waals surface area (Å²) < 4.78 is 46.6. The quantitative estimate of drug-likeness (QED) is 0.140. The zero-order valence-corrected chi connectivity index (χ0v) is 33.3. The van der Waals surface area contributed by atoms with Crippen LogP contribution in [0, 0.1) is 11.8 Å². The molecule has 3 atom stereocenters. The highest BCUT2D eigenvalue weighted by atomic mass is 35.5. The summed E-state index contributed by atoms with van der Waals surface area (Å²) in [6, 6.07) is -0.858. The monoisotopic (exact) mass is 759 g/mol. The minimum Gasteiger partial charge on any atom is -0.492 e. The molecule has 0 spiro atoms. The molecule has 1 aliphatic carbocycles. The number of ether oxygens (including phenoxy) is 8. The fraction of sp³-hybridized carbons (Fsp3) is 0.611. The number of benzene rings is 2. The maximum atomic E-state index is 13.0. The average Bonchev–Trinajstić information content (AvgIpc) is 3.06. The van der Waals surface area contributed by atoms with E-state index >= 15 is 0 Å². The number of alkyl carbamates (subject to hydrolysis) is 1. The van der Waals surface area contributed by atoms with Crippen molar-refractivity contribution in [1.82, 2.24) is 5.32 Å². The third kappa shape index (κ3) is 9.41. The number of halogens is 2. The molecule has 0 radical (unpaired) electrons. The number of methoxy groups -OCH3 is 5. The highest BCUT2D eigenvalue weighted by Gasteiger charge is 2.37. The van der Waals surface area contributed by atoms with Gasteiger partial charge in [-0.15, -0.1) is 0 Å². The molecule has 1 N–H and O–H groups in total. The van der Waals surface area contributed by atoms with E-state index in [1.165, 1.54) is 28.4 Å². The first-order valence-electron chi connectivity index (χ1n) is 16.4. The van der Waals surface area contributed by atoms with Crippen molar-refractivity contribution in [3.63, 3.8) is 0 Å². The molecule has 3 rings (SSSR count). The van der Waals surface area contributed by atoms with Crippen LogP contribution in [0.2, 0.25) is 10.0 Å². The number of carbonyl (C=O) groups is 2. The van der Waals surface area contributed by atoms with Crippen LogP contribution in [0.25, 0.3) is 11.1 Å². The van der Waals surface area contributed by atoms with E-state index in [0.717, 1.165) is 11.1 Å². The van der Waals surface area contributed by atoms with E-state index < -0.39 is 23.7 Å². The van der Waals surface area contributed by atoms with Crippen LogP contribution in [-0.2, 0) is 27.1 Å². The lowest BCUT2D eigenvalue weighted by Crippen LogP contribution is -2.44. The smallest absolute Gasteiger partial charge is 0.408 e. The molecular weight excluding hydrogens is 709 g/mol. The second-order valence-corrected chi connectivity index (χ2v) is 14.8. The summed E-state index contributed by atoms with van der Waals surface area (Å²) in [6.45, 7) is 9.76. The van der Waals surface area contributed by atoms with Gasteiger partial charge in [-0.05, 0) is 75.0 Å². The summed E-state index contributed by atoms with van der Waals surface area (Å²) in [5.41, 5.74) is 2.14. The minimum absolute atomic E-state index is 0.0329. The summed E-state index contributed by atoms with van der Waals surface area (Å²) in [7, 11) is 7.63. The van der Waals surface area contributed by atoms with Gasteiger partial charge in [-0.3, -0.25) is 0 Å². The van der Waals surface area contributed by atoms with Crippen LogP contribution >= 0.6 is 35.0 Å². The molecule has 0 saturated heterocycles. The topological polar surface area (TPSA) is 120 Å². The van der Waals surface area contributed by atoms with Crippen molar-refractivity contribution in [1.29, 1.82) is 0 Å². The third-order valence-electron chi connectivity index (χ3n) is 8.47. The van der Waals surface area contributed by atoms with Crippen LogP contribution in [0.15, 0.2) is 0 Å². The normalized spacial score (nSPS) is 16.1. The number of carbonyl (C=O) groups excluding carboxylic acids is 2. The lowest BCUT2D eigenvalue weighted by molar-refractivity contribution is -0.146. The molecule has 280 valence electrons. The molecule has 3 unspecified atom stereocenters. The van der Waals surface area contributed by atoms with Crippen LogP contribution in [0.3, 0.4) is 0 Å². The van der Waals surface area contributed by atoms with Gasteiger partial charge in [-0.1, -0.05) is 37.0 Å². The highest BCUT2D eigenvalue weighted by molar-refractivity contribution is 7.98. The zero-order chi connectivity index (χ0) is 37.3. The molecule has 0 aromatic heterocycles. The SMILES string of the molecule is COc1c(Cl)c2c(c(OC)c1OC)-c1c(c(Cl)c(OC)c(OC)c1OCCCOC(=O)C(CCSC)NC(=O)OC(C)(C)C)CC(C)C(C)C2. The second-order valence-electron chi connectivity index (χ2n) is 13.0. The van der Waals surface area contributed by atoms with Gasteiger partial charge in [0.05, 0.1) is 58.8 Å². The van der Waals surface area contributed by atoms with Crippen molar-refractivity contribution >= 4 is 47.0 Å². The van der Waals surface area contributed by atoms with Crippen molar-refractivity contribution in [2.45, 2.75) is 71.9 Å². The predicted molar refractivity (Wildman–Crippen MR) is 198 cm³/mol. The summed E-state index contributed by atoms with van der Waals surface area (Å²) in [5, 5.41) is 3.42. The Morgan fingerprint density at radius 1 is 0.780 bits per heavy atom. The van der Waals surface area contributed by atoms with E-state index in [-0.39, 0.29) is 30.8 Å². The number of rotatable bonds is 15. The Hall–Kier alpha value is -3.09. The van der Waals surface area contributed by atoms with Crippen LogP contribution in [0.5, 0.6) is 34.5 Å². The van der Waals surface area contributed by atoms with Gasteiger partial charge in [0.2, 0.25) is 11.5 Å². The Balaban J connectivity index is 2.04. The van der Waals surface area contributed by atoms with Crippen LogP contribution in [-0.4, -0.2) is 84.5 Å². The molecule has 2 aromatic carbocycles. The molecule has 0 bridgehead atoms. The fourth-order valence-corrected chi connectivity index (χ4v) is 7.01. The molecular formula is C36H51Cl2NO10S. The van der Waals surface area contributed by atoms with Gasteiger partial charge in [0.15, 0.2) is 23.0 Å². The molecule has 0 fully saturated rings. The Labute approximate surface area is 310 Å². The van der Waals surface area contributed by atoms with Crippen LogP contribution < -0.4 is 33.7 Å². The molecule has 50 heavy (non-hydrogen) atoms. The van der Waals surface area contributed by atoms with Crippen molar-refractivity contribution < 1.29 is 47.5 Å². The van der Waals surface area contributed by atoms with Crippen LogP contribution in [0.4, 0.5) is 4.79 Å². The number of fused-ring (bicyclic) bond motifs is 3. The molecule has 2 aromatic rings. The summed E-state index contributed by atoms with van der Waals surface area (Å²) in [5.74, 6) is 2.54. The summed E-state index contributed by atoms with van der Waals surface area (Å²) in [6.07, 6.45) is 3.16. The van der Waals surface area contributed by atoms with Gasteiger partial charge in [0.1, 0.15) is 11.6 Å². The lowest BCUT2D eigenvalue weighted by atomic mass is 9.77. The van der Waals surface area contributed by atoms with Crippen molar-refractivity contribution in [2.75, 3.05) is 60.8 Å². The Morgan fingerprint density at radius 2 is 1.26 bits per heavy atom. The largest absolute Gasteiger partial charge is 0.492 e. The first-order valence-corrected chi connectivity index (χ1v) is 18.6. The fourth-order valence-electron chi connectivity index (χ4n) is 5.87. The average molecular weight is 761 g/mol.